The number of hydrogen-bond donors (Lipinski definition) is 1. The summed E-state index contributed by atoms with van der Waals surface area (Å²) in [5.41, 5.74) is 1.54. The fourth-order valence-corrected chi connectivity index (χ4v) is 2.08. The number of rotatable bonds is 8. The van der Waals surface area contributed by atoms with Crippen LogP contribution < -0.4 is 9.47 Å². The maximum absolute atomic E-state index is 13.9. The van der Waals surface area contributed by atoms with Crippen molar-refractivity contribution in [2.45, 2.75) is 26.4 Å². The predicted molar refractivity (Wildman–Crippen MR) is 84.3 cm³/mol. The number of carbonyl (C=O) groups is 1. The van der Waals surface area contributed by atoms with Gasteiger partial charge in [-0.05, 0) is 48.7 Å². The summed E-state index contributed by atoms with van der Waals surface area (Å²) < 4.78 is 24.8. The van der Waals surface area contributed by atoms with E-state index in [1.807, 2.05) is 31.2 Å². The highest BCUT2D eigenvalue weighted by molar-refractivity contribution is 5.67. The SMILES string of the molecule is CCOc1ccc(COc2ccc(CCC(=O)O)cc2F)cc1. The van der Waals surface area contributed by atoms with E-state index < -0.39 is 11.8 Å². The van der Waals surface area contributed by atoms with E-state index in [0.29, 0.717) is 18.6 Å². The van der Waals surface area contributed by atoms with Gasteiger partial charge in [0.15, 0.2) is 11.6 Å². The first kappa shape index (κ1) is 16.8. The number of halogens is 1. The standard InChI is InChI=1S/C18H19FO4/c1-2-22-15-7-3-14(4-8-15)12-23-17-9-5-13(11-16(17)19)6-10-18(20)21/h3-5,7-9,11H,2,6,10,12H2,1H3,(H,20,21). The van der Waals surface area contributed by atoms with E-state index in [1.54, 1.807) is 6.07 Å². The fourth-order valence-electron chi connectivity index (χ4n) is 2.08. The molecule has 0 aliphatic heterocycles. The summed E-state index contributed by atoms with van der Waals surface area (Å²) in [6.45, 7) is 2.77. The van der Waals surface area contributed by atoms with Crippen LogP contribution in [0.5, 0.6) is 11.5 Å². The largest absolute Gasteiger partial charge is 0.494 e. The Morgan fingerprint density at radius 3 is 2.39 bits per heavy atom. The highest BCUT2D eigenvalue weighted by Crippen LogP contribution is 2.21. The molecule has 2 rings (SSSR count). The molecular formula is C18H19FO4. The summed E-state index contributed by atoms with van der Waals surface area (Å²) in [5.74, 6) is -0.455. The van der Waals surface area contributed by atoms with Crippen molar-refractivity contribution in [1.82, 2.24) is 0 Å². The zero-order chi connectivity index (χ0) is 16.7. The van der Waals surface area contributed by atoms with Crippen LogP contribution in [0.1, 0.15) is 24.5 Å². The lowest BCUT2D eigenvalue weighted by Gasteiger charge is -2.09. The molecule has 0 bridgehead atoms. The zero-order valence-corrected chi connectivity index (χ0v) is 12.9. The molecule has 2 aromatic carbocycles. The van der Waals surface area contributed by atoms with Crippen LogP contribution in [0.3, 0.4) is 0 Å². The summed E-state index contributed by atoms with van der Waals surface area (Å²) >= 11 is 0. The van der Waals surface area contributed by atoms with E-state index >= 15 is 0 Å². The van der Waals surface area contributed by atoms with Crippen LogP contribution in [-0.2, 0) is 17.8 Å². The van der Waals surface area contributed by atoms with Crippen molar-refractivity contribution < 1.29 is 23.8 Å². The maximum Gasteiger partial charge on any atom is 0.303 e. The predicted octanol–water partition coefficient (Wildman–Crippen LogP) is 3.82. The van der Waals surface area contributed by atoms with Gasteiger partial charge in [0.2, 0.25) is 0 Å². The molecule has 0 heterocycles. The van der Waals surface area contributed by atoms with Gasteiger partial charge in [0, 0.05) is 6.42 Å². The van der Waals surface area contributed by atoms with Gasteiger partial charge in [0.25, 0.3) is 0 Å². The first-order valence-electron chi connectivity index (χ1n) is 7.43. The van der Waals surface area contributed by atoms with Gasteiger partial charge in [-0.3, -0.25) is 4.79 Å². The summed E-state index contributed by atoms with van der Waals surface area (Å²) in [6.07, 6.45) is 0.275. The van der Waals surface area contributed by atoms with E-state index in [1.165, 1.54) is 12.1 Å². The van der Waals surface area contributed by atoms with E-state index in [2.05, 4.69) is 0 Å². The van der Waals surface area contributed by atoms with Crippen molar-refractivity contribution in [3.63, 3.8) is 0 Å². The molecule has 23 heavy (non-hydrogen) atoms. The Morgan fingerprint density at radius 2 is 1.78 bits per heavy atom. The van der Waals surface area contributed by atoms with Crippen LogP contribution in [0.2, 0.25) is 0 Å². The molecule has 0 aromatic heterocycles. The van der Waals surface area contributed by atoms with Gasteiger partial charge in [-0.25, -0.2) is 4.39 Å². The number of aryl methyl sites for hydroxylation is 1. The molecule has 4 nitrogen and oxygen atoms in total. The Kier molecular flexibility index (Phi) is 5.97. The molecule has 0 saturated carbocycles. The van der Waals surface area contributed by atoms with E-state index in [-0.39, 0.29) is 18.8 Å². The van der Waals surface area contributed by atoms with Crippen molar-refractivity contribution in [3.8, 4) is 11.5 Å². The van der Waals surface area contributed by atoms with Gasteiger partial charge >= 0.3 is 5.97 Å². The molecule has 0 saturated heterocycles. The maximum atomic E-state index is 13.9. The van der Waals surface area contributed by atoms with Crippen molar-refractivity contribution in [2.24, 2.45) is 0 Å². The second kappa shape index (κ2) is 8.17. The van der Waals surface area contributed by atoms with Gasteiger partial charge in [-0.15, -0.1) is 0 Å². The Balaban J connectivity index is 1.93. The van der Waals surface area contributed by atoms with Crippen molar-refractivity contribution in [1.29, 1.82) is 0 Å². The van der Waals surface area contributed by atoms with E-state index in [9.17, 15) is 9.18 Å². The molecule has 0 spiro atoms. The number of hydrogen-bond acceptors (Lipinski definition) is 3. The molecule has 122 valence electrons. The second-order valence-corrected chi connectivity index (χ2v) is 5.02. The van der Waals surface area contributed by atoms with Gasteiger partial charge < -0.3 is 14.6 Å². The van der Waals surface area contributed by atoms with Crippen molar-refractivity contribution in [2.75, 3.05) is 6.61 Å². The normalized spacial score (nSPS) is 10.3. The topological polar surface area (TPSA) is 55.8 Å². The van der Waals surface area contributed by atoms with Gasteiger partial charge in [0.05, 0.1) is 6.61 Å². The van der Waals surface area contributed by atoms with E-state index in [4.69, 9.17) is 14.6 Å². The molecule has 5 heteroatoms. The molecule has 0 aliphatic carbocycles. The molecule has 0 radical (unpaired) electrons. The molecule has 0 aliphatic rings. The highest BCUT2D eigenvalue weighted by Gasteiger charge is 2.07. The van der Waals surface area contributed by atoms with Crippen LogP contribution in [0.4, 0.5) is 4.39 Å². The lowest BCUT2D eigenvalue weighted by molar-refractivity contribution is -0.136. The second-order valence-electron chi connectivity index (χ2n) is 5.02. The molecule has 0 amide bonds. The Labute approximate surface area is 134 Å². The minimum atomic E-state index is -0.902. The van der Waals surface area contributed by atoms with Crippen molar-refractivity contribution in [3.05, 3.63) is 59.4 Å². The molecule has 2 aromatic rings. The van der Waals surface area contributed by atoms with Gasteiger partial charge in [-0.2, -0.15) is 0 Å². The van der Waals surface area contributed by atoms with Crippen LogP contribution in [-0.4, -0.2) is 17.7 Å². The number of aliphatic carboxylic acids is 1. The zero-order valence-electron chi connectivity index (χ0n) is 12.9. The third-order valence-electron chi connectivity index (χ3n) is 3.25. The van der Waals surface area contributed by atoms with Gasteiger partial charge in [0.1, 0.15) is 12.4 Å². The minimum Gasteiger partial charge on any atom is -0.494 e. The first-order valence-corrected chi connectivity index (χ1v) is 7.43. The average molecular weight is 318 g/mol. The summed E-state index contributed by atoms with van der Waals surface area (Å²) in [6, 6.07) is 11.9. The molecule has 0 unspecified atom stereocenters. The van der Waals surface area contributed by atoms with Crippen LogP contribution >= 0.6 is 0 Å². The lowest BCUT2D eigenvalue weighted by Crippen LogP contribution is -2.00. The number of carboxylic acids is 1. The Bertz CT molecular complexity index is 653. The monoisotopic (exact) mass is 318 g/mol. The summed E-state index contributed by atoms with van der Waals surface area (Å²) in [5, 5.41) is 8.63. The number of carboxylic acid groups (broad SMARTS) is 1. The van der Waals surface area contributed by atoms with Gasteiger partial charge in [-0.1, -0.05) is 18.2 Å². The number of benzene rings is 2. The molecule has 0 atom stereocenters. The van der Waals surface area contributed by atoms with Crippen LogP contribution in [0.15, 0.2) is 42.5 Å². The quantitative estimate of drug-likeness (QED) is 0.804. The summed E-state index contributed by atoms with van der Waals surface area (Å²) in [7, 11) is 0. The first-order chi connectivity index (χ1) is 11.1. The van der Waals surface area contributed by atoms with Crippen LogP contribution in [0.25, 0.3) is 0 Å². The minimum absolute atomic E-state index is 0.0220. The molecule has 0 fully saturated rings. The Morgan fingerprint density at radius 1 is 1.09 bits per heavy atom. The van der Waals surface area contributed by atoms with Crippen molar-refractivity contribution >= 4 is 5.97 Å². The Hall–Kier alpha value is -2.56. The fraction of sp³-hybridized carbons (Fsp3) is 0.278. The third kappa shape index (κ3) is 5.29. The molecule has 1 N–H and O–H groups in total. The number of ether oxygens (including phenoxy) is 2. The average Bonchev–Trinajstić information content (AvgIpc) is 2.53. The van der Waals surface area contributed by atoms with Crippen LogP contribution in [0, 0.1) is 5.82 Å². The smallest absolute Gasteiger partial charge is 0.303 e. The summed E-state index contributed by atoms with van der Waals surface area (Å²) in [4.78, 5) is 10.5. The molecular weight excluding hydrogens is 299 g/mol. The lowest BCUT2D eigenvalue weighted by atomic mass is 10.1. The highest BCUT2D eigenvalue weighted by atomic mass is 19.1. The third-order valence-corrected chi connectivity index (χ3v) is 3.25. The van der Waals surface area contributed by atoms with E-state index in [0.717, 1.165) is 11.3 Å².